The Balaban J connectivity index is 0.00000256. The van der Waals surface area contributed by atoms with Crippen molar-refractivity contribution in [1.82, 2.24) is 0 Å². The van der Waals surface area contributed by atoms with Gasteiger partial charge in [0.15, 0.2) is 0 Å². The summed E-state index contributed by atoms with van der Waals surface area (Å²) < 4.78 is 43.9. The van der Waals surface area contributed by atoms with Gasteiger partial charge in [0, 0.05) is 6.07 Å². The number of hydrogen-bond acceptors (Lipinski definition) is 5. The standard InChI is InChI=1S/C9H9FO5S.Na/c1-14-7-4-6(10)5(9(11)15-2)3-8(7)16(12)13;/h3-4H,1-2H3,(H,12,13);/q;+1/p-1. The number of esters is 1. The molecule has 0 saturated carbocycles. The van der Waals surface area contributed by atoms with Gasteiger partial charge in [0.25, 0.3) is 0 Å². The summed E-state index contributed by atoms with van der Waals surface area (Å²) in [5.41, 5.74) is -0.456. The molecule has 1 atom stereocenters. The van der Waals surface area contributed by atoms with Crippen LogP contribution in [0.25, 0.3) is 0 Å². The first kappa shape index (κ1) is 16.5. The van der Waals surface area contributed by atoms with E-state index in [2.05, 4.69) is 9.47 Å². The number of carbonyl (C=O) groups is 1. The van der Waals surface area contributed by atoms with Crippen molar-refractivity contribution in [3.8, 4) is 5.75 Å². The molecule has 0 spiro atoms. The van der Waals surface area contributed by atoms with E-state index in [4.69, 9.17) is 0 Å². The van der Waals surface area contributed by atoms with Gasteiger partial charge in [0.2, 0.25) is 0 Å². The summed E-state index contributed by atoms with van der Waals surface area (Å²) in [6, 6.07) is 1.68. The molecule has 8 heteroatoms. The topological polar surface area (TPSA) is 75.7 Å². The fraction of sp³-hybridized carbons (Fsp3) is 0.222. The molecular weight excluding hydrogens is 262 g/mol. The SMILES string of the molecule is COC(=O)c1cc(S(=O)[O-])c(OC)cc1F.[Na+]. The van der Waals surface area contributed by atoms with E-state index in [0.717, 1.165) is 19.2 Å². The maximum Gasteiger partial charge on any atom is 1.00 e. The molecule has 1 rings (SSSR count). The molecule has 0 aliphatic carbocycles. The Morgan fingerprint density at radius 3 is 2.41 bits per heavy atom. The maximum absolute atomic E-state index is 13.3. The van der Waals surface area contributed by atoms with Crippen molar-refractivity contribution in [2.75, 3.05) is 14.2 Å². The predicted molar refractivity (Wildman–Crippen MR) is 51.5 cm³/mol. The van der Waals surface area contributed by atoms with Crippen molar-refractivity contribution in [3.63, 3.8) is 0 Å². The molecule has 0 aliphatic rings. The largest absolute Gasteiger partial charge is 1.00 e. The van der Waals surface area contributed by atoms with E-state index in [9.17, 15) is 17.9 Å². The minimum absolute atomic E-state index is 0. The molecule has 1 aromatic rings. The first-order chi connectivity index (χ1) is 7.51. The molecular formula is C9H8FNaO5S. The van der Waals surface area contributed by atoms with Gasteiger partial charge >= 0.3 is 35.5 Å². The number of benzene rings is 1. The third-order valence-electron chi connectivity index (χ3n) is 1.84. The molecule has 0 N–H and O–H groups in total. The van der Waals surface area contributed by atoms with Gasteiger partial charge < -0.3 is 14.0 Å². The van der Waals surface area contributed by atoms with Crippen LogP contribution in [0.2, 0.25) is 0 Å². The quantitative estimate of drug-likeness (QED) is 0.356. The van der Waals surface area contributed by atoms with Crippen LogP contribution < -0.4 is 34.3 Å². The van der Waals surface area contributed by atoms with E-state index in [-0.39, 0.29) is 40.2 Å². The first-order valence-electron chi connectivity index (χ1n) is 4.06. The van der Waals surface area contributed by atoms with E-state index < -0.39 is 28.4 Å². The van der Waals surface area contributed by atoms with Crippen LogP contribution >= 0.6 is 0 Å². The average molecular weight is 270 g/mol. The Labute approximate surface area is 122 Å². The minimum atomic E-state index is -2.63. The van der Waals surface area contributed by atoms with Crippen molar-refractivity contribution in [3.05, 3.63) is 23.5 Å². The molecule has 0 aromatic heterocycles. The first-order valence-corrected chi connectivity index (χ1v) is 5.13. The van der Waals surface area contributed by atoms with Gasteiger partial charge in [-0.2, -0.15) is 0 Å². The molecule has 1 aromatic carbocycles. The number of carbonyl (C=O) groups excluding carboxylic acids is 1. The van der Waals surface area contributed by atoms with Crippen LogP contribution in [0.15, 0.2) is 17.0 Å². The number of hydrogen-bond donors (Lipinski definition) is 0. The Morgan fingerprint density at radius 1 is 1.41 bits per heavy atom. The Morgan fingerprint density at radius 2 is 2.00 bits per heavy atom. The molecule has 88 valence electrons. The number of methoxy groups -OCH3 is 2. The van der Waals surface area contributed by atoms with Gasteiger partial charge in [0.1, 0.15) is 11.6 Å². The van der Waals surface area contributed by atoms with Crippen molar-refractivity contribution < 1.29 is 57.0 Å². The summed E-state index contributed by atoms with van der Waals surface area (Å²) in [7, 11) is 2.27. The summed E-state index contributed by atoms with van der Waals surface area (Å²) in [6.07, 6.45) is 0. The summed E-state index contributed by atoms with van der Waals surface area (Å²) in [4.78, 5) is 10.8. The number of rotatable bonds is 3. The van der Waals surface area contributed by atoms with Crippen LogP contribution in [0.1, 0.15) is 10.4 Å². The van der Waals surface area contributed by atoms with Crippen molar-refractivity contribution in [2.24, 2.45) is 0 Å². The van der Waals surface area contributed by atoms with Crippen molar-refractivity contribution >= 4 is 17.0 Å². The van der Waals surface area contributed by atoms with E-state index >= 15 is 0 Å². The third-order valence-corrected chi connectivity index (χ3v) is 2.52. The zero-order valence-electron chi connectivity index (χ0n) is 9.48. The minimum Gasteiger partial charge on any atom is -0.768 e. The van der Waals surface area contributed by atoms with Gasteiger partial charge in [-0.15, -0.1) is 0 Å². The third kappa shape index (κ3) is 3.75. The van der Waals surface area contributed by atoms with Gasteiger partial charge in [-0.05, 0) is 17.1 Å². The summed E-state index contributed by atoms with van der Waals surface area (Å²) in [5, 5.41) is 0. The average Bonchev–Trinajstić information content (AvgIpc) is 2.27. The second-order valence-electron chi connectivity index (χ2n) is 2.71. The van der Waals surface area contributed by atoms with Crippen molar-refractivity contribution in [1.29, 1.82) is 0 Å². The Hall–Kier alpha value is -0.470. The van der Waals surface area contributed by atoms with Crippen LogP contribution in [0.5, 0.6) is 5.75 Å². The molecule has 0 bridgehead atoms. The summed E-state index contributed by atoms with van der Waals surface area (Å²) >= 11 is -2.63. The predicted octanol–water partition coefficient (Wildman–Crippen LogP) is -2.14. The monoisotopic (exact) mass is 270 g/mol. The fourth-order valence-corrected chi connectivity index (χ4v) is 1.61. The van der Waals surface area contributed by atoms with Crippen LogP contribution in [-0.2, 0) is 15.8 Å². The molecule has 0 fully saturated rings. The molecule has 17 heavy (non-hydrogen) atoms. The Kier molecular flexibility index (Phi) is 6.88. The van der Waals surface area contributed by atoms with Gasteiger partial charge in [-0.3, -0.25) is 4.21 Å². The fourth-order valence-electron chi connectivity index (χ4n) is 1.09. The van der Waals surface area contributed by atoms with E-state index in [1.54, 1.807) is 0 Å². The maximum atomic E-state index is 13.3. The molecule has 1 unspecified atom stereocenters. The molecule has 0 radical (unpaired) electrons. The molecule has 0 amide bonds. The zero-order chi connectivity index (χ0) is 12.3. The van der Waals surface area contributed by atoms with Crippen LogP contribution in [-0.4, -0.2) is 29.0 Å². The number of halogens is 1. The summed E-state index contributed by atoms with van der Waals surface area (Å²) in [6.45, 7) is 0. The molecule has 0 heterocycles. The van der Waals surface area contributed by atoms with Gasteiger partial charge in [-0.25, -0.2) is 9.18 Å². The normalized spacial score (nSPS) is 11.3. The zero-order valence-corrected chi connectivity index (χ0v) is 12.3. The smallest absolute Gasteiger partial charge is 0.768 e. The number of ether oxygens (including phenoxy) is 2. The van der Waals surface area contributed by atoms with Crippen LogP contribution in [0.3, 0.4) is 0 Å². The van der Waals surface area contributed by atoms with Crippen LogP contribution in [0, 0.1) is 5.82 Å². The van der Waals surface area contributed by atoms with E-state index in [0.29, 0.717) is 0 Å². The molecule has 0 saturated heterocycles. The van der Waals surface area contributed by atoms with Gasteiger partial charge in [-0.1, -0.05) is 0 Å². The van der Waals surface area contributed by atoms with E-state index in [1.807, 2.05) is 0 Å². The molecule has 0 aliphatic heterocycles. The Bertz CT molecular complexity index is 451. The van der Waals surface area contributed by atoms with Gasteiger partial charge in [0.05, 0.1) is 24.7 Å². The second-order valence-corrected chi connectivity index (χ2v) is 3.62. The second kappa shape index (κ2) is 7.07. The summed E-state index contributed by atoms with van der Waals surface area (Å²) in [5.74, 6) is -2.02. The van der Waals surface area contributed by atoms with Crippen molar-refractivity contribution in [2.45, 2.75) is 4.90 Å². The molecule has 5 nitrogen and oxygen atoms in total. The van der Waals surface area contributed by atoms with Crippen LogP contribution in [0.4, 0.5) is 4.39 Å². The van der Waals surface area contributed by atoms with E-state index in [1.165, 1.54) is 7.11 Å².